The van der Waals surface area contributed by atoms with E-state index in [9.17, 15) is 8.42 Å². The molecule has 146 valence electrons. The lowest BCUT2D eigenvalue weighted by Crippen LogP contribution is -2.40. The van der Waals surface area contributed by atoms with Crippen molar-refractivity contribution in [1.82, 2.24) is 14.3 Å². The van der Waals surface area contributed by atoms with E-state index in [0.717, 1.165) is 33.3 Å². The van der Waals surface area contributed by atoms with Crippen LogP contribution in [0.4, 0.5) is 0 Å². The zero-order chi connectivity index (χ0) is 19.9. The largest absolute Gasteiger partial charge is 0.493 e. The Morgan fingerprint density at radius 1 is 1.04 bits per heavy atom. The van der Waals surface area contributed by atoms with Crippen molar-refractivity contribution in [2.45, 2.75) is 13.0 Å². The minimum Gasteiger partial charge on any atom is -0.493 e. The highest BCUT2D eigenvalue weighted by molar-refractivity contribution is 7.86. The molecule has 9 heteroatoms. The monoisotopic (exact) mass is 400 g/mol. The van der Waals surface area contributed by atoms with Gasteiger partial charge in [0.25, 0.3) is 10.2 Å². The summed E-state index contributed by atoms with van der Waals surface area (Å²) in [7, 11) is -0.567. The smallest absolute Gasteiger partial charge is 0.277 e. The highest BCUT2D eigenvalue weighted by Gasteiger charge is 2.24. The van der Waals surface area contributed by atoms with Crippen molar-refractivity contribution in [3.63, 3.8) is 0 Å². The molecule has 28 heavy (non-hydrogen) atoms. The van der Waals surface area contributed by atoms with Crippen molar-refractivity contribution >= 4 is 21.1 Å². The Morgan fingerprint density at radius 2 is 1.79 bits per heavy atom. The number of hydrogen-bond donors (Lipinski definition) is 1. The third-order valence-electron chi connectivity index (χ3n) is 4.96. The summed E-state index contributed by atoms with van der Waals surface area (Å²) in [6.07, 6.45) is 2.13. The first-order chi connectivity index (χ1) is 13.4. The highest BCUT2D eigenvalue weighted by atomic mass is 32.2. The van der Waals surface area contributed by atoms with Gasteiger partial charge in [0.05, 0.1) is 25.4 Å². The molecule has 0 bridgehead atoms. The minimum absolute atomic E-state index is 0.252. The van der Waals surface area contributed by atoms with Gasteiger partial charge >= 0.3 is 0 Å². The molecule has 2 heterocycles. The van der Waals surface area contributed by atoms with Crippen LogP contribution in [0.2, 0.25) is 0 Å². The van der Waals surface area contributed by atoms with Crippen LogP contribution >= 0.6 is 0 Å². The molecular formula is C19H20N4O4S. The van der Waals surface area contributed by atoms with Gasteiger partial charge in [-0.1, -0.05) is 12.1 Å². The van der Waals surface area contributed by atoms with Crippen LogP contribution in [0.3, 0.4) is 0 Å². The van der Waals surface area contributed by atoms with E-state index in [0.29, 0.717) is 24.5 Å². The van der Waals surface area contributed by atoms with Gasteiger partial charge in [-0.2, -0.15) is 12.7 Å². The molecule has 0 amide bonds. The Bertz CT molecular complexity index is 1160. The minimum atomic E-state index is -3.72. The molecule has 1 aliphatic heterocycles. The summed E-state index contributed by atoms with van der Waals surface area (Å²) in [6, 6.07) is 9.62. The van der Waals surface area contributed by atoms with Crippen molar-refractivity contribution in [3.8, 4) is 22.8 Å². The molecule has 2 N–H and O–H groups in total. The summed E-state index contributed by atoms with van der Waals surface area (Å²) in [6.45, 7) is 0.640. The number of aromatic nitrogens is 2. The van der Waals surface area contributed by atoms with E-state index in [1.165, 1.54) is 10.6 Å². The Hall–Kier alpha value is -2.75. The maximum absolute atomic E-state index is 11.7. The molecule has 4 rings (SSSR count). The molecule has 0 saturated carbocycles. The van der Waals surface area contributed by atoms with Crippen molar-refractivity contribution in [2.24, 2.45) is 5.14 Å². The topological polar surface area (TPSA) is 108 Å². The van der Waals surface area contributed by atoms with Gasteiger partial charge in [-0.25, -0.2) is 15.1 Å². The number of methoxy groups -OCH3 is 2. The van der Waals surface area contributed by atoms with Crippen molar-refractivity contribution < 1.29 is 17.9 Å². The molecule has 0 unspecified atom stereocenters. The molecule has 0 spiro atoms. The van der Waals surface area contributed by atoms with E-state index in [1.54, 1.807) is 20.3 Å². The standard InChI is InChI=1S/C19H20N4O4S/c1-26-17-8-15-16(9-18(17)27-2)21-11-22-19(15)13-4-3-12-5-6-23(28(20,24)25)10-14(12)7-13/h3-4,7-9,11H,5-6,10H2,1-2H3,(H2,20,24,25). The zero-order valence-electron chi connectivity index (χ0n) is 15.5. The summed E-state index contributed by atoms with van der Waals surface area (Å²) in [5.74, 6) is 1.18. The van der Waals surface area contributed by atoms with Crippen LogP contribution in [0.25, 0.3) is 22.2 Å². The number of ether oxygens (including phenoxy) is 2. The fraction of sp³-hybridized carbons (Fsp3) is 0.263. The van der Waals surface area contributed by atoms with Gasteiger partial charge in [0, 0.05) is 30.1 Å². The van der Waals surface area contributed by atoms with Crippen molar-refractivity contribution in [1.29, 1.82) is 0 Å². The maximum Gasteiger partial charge on any atom is 0.277 e. The van der Waals surface area contributed by atoms with E-state index in [1.807, 2.05) is 24.3 Å². The molecule has 0 radical (unpaired) electrons. The molecule has 3 aromatic rings. The first-order valence-electron chi connectivity index (χ1n) is 8.67. The van der Waals surface area contributed by atoms with Crippen LogP contribution in [0, 0.1) is 0 Å². The van der Waals surface area contributed by atoms with Gasteiger partial charge in [0.15, 0.2) is 11.5 Å². The Labute approximate surface area is 163 Å². The predicted molar refractivity (Wildman–Crippen MR) is 105 cm³/mol. The Kier molecular flexibility index (Phi) is 4.66. The van der Waals surface area contributed by atoms with Gasteiger partial charge in [-0.3, -0.25) is 0 Å². The number of hydrogen-bond acceptors (Lipinski definition) is 6. The number of nitrogens with zero attached hydrogens (tertiary/aromatic N) is 3. The van der Waals surface area contributed by atoms with Gasteiger partial charge in [-0.05, 0) is 29.7 Å². The number of benzene rings is 2. The summed E-state index contributed by atoms with van der Waals surface area (Å²) >= 11 is 0. The molecule has 0 aliphatic carbocycles. The van der Waals surface area contributed by atoms with E-state index < -0.39 is 10.2 Å². The van der Waals surface area contributed by atoms with E-state index in [2.05, 4.69) is 9.97 Å². The first kappa shape index (κ1) is 18.6. The van der Waals surface area contributed by atoms with Gasteiger partial charge in [0.2, 0.25) is 0 Å². The van der Waals surface area contributed by atoms with Gasteiger partial charge in [-0.15, -0.1) is 0 Å². The second kappa shape index (κ2) is 7.01. The van der Waals surface area contributed by atoms with Crippen LogP contribution in [-0.2, 0) is 23.2 Å². The molecule has 0 atom stereocenters. The fourth-order valence-electron chi connectivity index (χ4n) is 3.51. The van der Waals surface area contributed by atoms with Gasteiger partial charge < -0.3 is 9.47 Å². The molecule has 0 fully saturated rings. The number of nitrogens with two attached hydrogens (primary N) is 1. The molecule has 8 nitrogen and oxygen atoms in total. The first-order valence-corrected chi connectivity index (χ1v) is 10.2. The Balaban J connectivity index is 1.83. The fourth-order valence-corrected chi connectivity index (χ4v) is 4.17. The summed E-state index contributed by atoms with van der Waals surface area (Å²) in [5, 5.41) is 6.12. The van der Waals surface area contributed by atoms with Gasteiger partial charge in [0.1, 0.15) is 6.33 Å². The van der Waals surface area contributed by atoms with Crippen LogP contribution in [0.5, 0.6) is 11.5 Å². The molecule has 1 aromatic heterocycles. The lowest BCUT2D eigenvalue weighted by atomic mass is 9.96. The average molecular weight is 400 g/mol. The second-order valence-electron chi connectivity index (χ2n) is 6.56. The number of fused-ring (bicyclic) bond motifs is 2. The van der Waals surface area contributed by atoms with Crippen molar-refractivity contribution in [2.75, 3.05) is 20.8 Å². The number of rotatable bonds is 4. The SMILES string of the molecule is COc1cc2ncnc(-c3ccc4c(c3)CN(S(N)(=O)=O)CC4)c2cc1OC. The maximum atomic E-state index is 11.7. The lowest BCUT2D eigenvalue weighted by molar-refractivity contribution is 0.356. The highest BCUT2D eigenvalue weighted by Crippen LogP contribution is 2.36. The van der Waals surface area contributed by atoms with Crippen molar-refractivity contribution in [3.05, 3.63) is 47.8 Å². The zero-order valence-corrected chi connectivity index (χ0v) is 16.4. The van der Waals surface area contributed by atoms with E-state index in [-0.39, 0.29) is 6.54 Å². The molecular weight excluding hydrogens is 380 g/mol. The normalized spacial score (nSPS) is 14.7. The average Bonchev–Trinajstić information content (AvgIpc) is 2.70. The van der Waals surface area contributed by atoms with Crippen LogP contribution in [-0.4, -0.2) is 43.5 Å². The summed E-state index contributed by atoms with van der Waals surface area (Å²) in [5.41, 5.74) is 4.37. The third kappa shape index (κ3) is 3.28. The predicted octanol–water partition coefficient (Wildman–Crippen LogP) is 1.88. The van der Waals surface area contributed by atoms with Crippen LogP contribution in [0.15, 0.2) is 36.7 Å². The van der Waals surface area contributed by atoms with Crippen LogP contribution in [0.1, 0.15) is 11.1 Å². The quantitative estimate of drug-likeness (QED) is 0.716. The van der Waals surface area contributed by atoms with Crippen LogP contribution < -0.4 is 14.6 Å². The lowest BCUT2D eigenvalue weighted by Gasteiger charge is -2.26. The molecule has 2 aromatic carbocycles. The second-order valence-corrected chi connectivity index (χ2v) is 8.10. The third-order valence-corrected chi connectivity index (χ3v) is 5.99. The Morgan fingerprint density at radius 3 is 2.50 bits per heavy atom. The summed E-state index contributed by atoms with van der Waals surface area (Å²) < 4.78 is 35.5. The molecule has 0 saturated heterocycles. The molecule has 1 aliphatic rings. The summed E-state index contributed by atoms with van der Waals surface area (Å²) in [4.78, 5) is 8.79. The van der Waals surface area contributed by atoms with E-state index >= 15 is 0 Å². The van der Waals surface area contributed by atoms with E-state index in [4.69, 9.17) is 14.6 Å².